The molecule has 0 spiro atoms. The lowest BCUT2D eigenvalue weighted by Gasteiger charge is -2.03. The van der Waals surface area contributed by atoms with Gasteiger partial charge in [0.1, 0.15) is 0 Å². The first-order valence-corrected chi connectivity index (χ1v) is 5.73. The van der Waals surface area contributed by atoms with Crippen LogP contribution in [-0.4, -0.2) is 21.0 Å². The zero-order valence-electron chi connectivity index (χ0n) is 10.1. The third-order valence-electron chi connectivity index (χ3n) is 2.66. The quantitative estimate of drug-likeness (QED) is 0.654. The van der Waals surface area contributed by atoms with Gasteiger partial charge in [-0.1, -0.05) is 6.07 Å². The van der Waals surface area contributed by atoms with Crippen molar-refractivity contribution in [2.24, 2.45) is 5.73 Å². The van der Waals surface area contributed by atoms with E-state index >= 15 is 0 Å². The molecule has 0 saturated heterocycles. The first kappa shape index (κ1) is 13.2. The number of hydrogen-bond acceptors (Lipinski definition) is 4. The van der Waals surface area contributed by atoms with Gasteiger partial charge in [-0.2, -0.15) is 4.39 Å². The van der Waals surface area contributed by atoms with Crippen molar-refractivity contribution < 1.29 is 9.31 Å². The second-order valence-corrected chi connectivity index (χ2v) is 4.12. The molecule has 2 rings (SSSR count). The van der Waals surface area contributed by atoms with E-state index in [2.05, 4.69) is 4.98 Å². The highest BCUT2D eigenvalue weighted by atomic mass is 19.1. The smallest absolute Gasteiger partial charge is 0.304 e. The van der Waals surface area contributed by atoms with Gasteiger partial charge in [0, 0.05) is 25.2 Å². The van der Waals surface area contributed by atoms with Crippen LogP contribution < -0.4 is 5.73 Å². The Morgan fingerprint density at radius 2 is 2.26 bits per heavy atom. The van der Waals surface area contributed by atoms with Crippen LogP contribution in [0.4, 0.5) is 10.1 Å². The highest BCUT2D eigenvalue weighted by molar-refractivity contribution is 5.35. The summed E-state index contributed by atoms with van der Waals surface area (Å²) in [6.07, 6.45) is 4.14. The van der Waals surface area contributed by atoms with Gasteiger partial charge < -0.3 is 10.3 Å². The molecule has 0 amide bonds. The zero-order chi connectivity index (χ0) is 13.8. The Hall–Kier alpha value is -2.28. The summed E-state index contributed by atoms with van der Waals surface area (Å²) < 4.78 is 15.2. The zero-order valence-corrected chi connectivity index (χ0v) is 10.1. The van der Waals surface area contributed by atoms with Crippen molar-refractivity contribution in [2.75, 3.05) is 6.54 Å². The Morgan fingerprint density at radius 3 is 2.89 bits per heavy atom. The van der Waals surface area contributed by atoms with Crippen LogP contribution in [0.25, 0.3) is 0 Å². The molecule has 1 aromatic heterocycles. The number of benzene rings is 1. The molecule has 0 aliphatic rings. The minimum Gasteiger partial charge on any atom is -0.333 e. The second-order valence-electron chi connectivity index (χ2n) is 4.12. The minimum absolute atomic E-state index is 0.409. The predicted octanol–water partition coefficient (Wildman–Crippen LogP) is 1.48. The summed E-state index contributed by atoms with van der Waals surface area (Å²) in [5.41, 5.74) is 6.41. The first-order valence-electron chi connectivity index (χ1n) is 5.73. The lowest BCUT2D eigenvalue weighted by atomic mass is 10.2. The topological polar surface area (TPSA) is 87.0 Å². The number of imidazole rings is 1. The fraction of sp³-hybridized carbons (Fsp3) is 0.250. The van der Waals surface area contributed by atoms with Gasteiger partial charge in [0.15, 0.2) is 0 Å². The van der Waals surface area contributed by atoms with E-state index in [4.69, 9.17) is 5.73 Å². The lowest BCUT2D eigenvalue weighted by Crippen LogP contribution is -2.03. The number of halogens is 1. The van der Waals surface area contributed by atoms with Crippen LogP contribution in [0.2, 0.25) is 0 Å². The average Bonchev–Trinajstić information content (AvgIpc) is 2.76. The molecule has 0 atom stereocenters. The van der Waals surface area contributed by atoms with E-state index in [1.807, 2.05) is 6.20 Å². The Morgan fingerprint density at radius 1 is 1.47 bits per heavy atom. The van der Waals surface area contributed by atoms with Crippen LogP contribution >= 0.6 is 0 Å². The van der Waals surface area contributed by atoms with Crippen molar-refractivity contribution in [3.63, 3.8) is 0 Å². The summed E-state index contributed by atoms with van der Waals surface area (Å²) in [4.78, 5) is 13.9. The monoisotopic (exact) mass is 264 g/mol. The SMILES string of the molecule is NCCc1cn(Cc2ccc([N+](=O)[O-])c(F)c2)cn1. The van der Waals surface area contributed by atoms with Gasteiger partial charge >= 0.3 is 5.69 Å². The Balaban J connectivity index is 2.14. The number of aromatic nitrogens is 2. The molecule has 0 bridgehead atoms. The van der Waals surface area contributed by atoms with E-state index in [1.54, 1.807) is 10.9 Å². The molecule has 0 unspecified atom stereocenters. The largest absolute Gasteiger partial charge is 0.333 e. The summed E-state index contributed by atoms with van der Waals surface area (Å²) in [5, 5.41) is 10.5. The molecule has 7 heteroatoms. The number of rotatable bonds is 5. The Labute approximate surface area is 108 Å². The summed E-state index contributed by atoms with van der Waals surface area (Å²) in [7, 11) is 0. The summed E-state index contributed by atoms with van der Waals surface area (Å²) in [5.74, 6) is -0.829. The number of nitrogens with zero attached hydrogens (tertiary/aromatic N) is 3. The molecule has 0 fully saturated rings. The molecule has 2 aromatic rings. The van der Waals surface area contributed by atoms with E-state index in [1.165, 1.54) is 18.2 Å². The van der Waals surface area contributed by atoms with Crippen molar-refractivity contribution in [2.45, 2.75) is 13.0 Å². The van der Waals surface area contributed by atoms with Crippen LogP contribution in [0.15, 0.2) is 30.7 Å². The lowest BCUT2D eigenvalue weighted by molar-refractivity contribution is -0.387. The molecule has 0 aliphatic heterocycles. The summed E-state index contributed by atoms with van der Waals surface area (Å²) in [6.45, 7) is 0.926. The van der Waals surface area contributed by atoms with E-state index in [-0.39, 0.29) is 0 Å². The third-order valence-corrected chi connectivity index (χ3v) is 2.66. The van der Waals surface area contributed by atoms with Crippen molar-refractivity contribution in [3.05, 3.63) is 57.9 Å². The third kappa shape index (κ3) is 3.14. The number of nitro benzene ring substituents is 1. The van der Waals surface area contributed by atoms with E-state index in [0.29, 0.717) is 25.1 Å². The molecule has 0 saturated carbocycles. The van der Waals surface area contributed by atoms with Gasteiger partial charge in [0.25, 0.3) is 0 Å². The highest BCUT2D eigenvalue weighted by Crippen LogP contribution is 2.18. The van der Waals surface area contributed by atoms with E-state index < -0.39 is 16.4 Å². The number of hydrogen-bond donors (Lipinski definition) is 1. The molecule has 1 aromatic carbocycles. The fourth-order valence-corrected chi connectivity index (χ4v) is 1.78. The van der Waals surface area contributed by atoms with Gasteiger partial charge in [0.2, 0.25) is 5.82 Å². The molecule has 6 nitrogen and oxygen atoms in total. The maximum atomic E-state index is 13.4. The second kappa shape index (κ2) is 5.57. The van der Waals surface area contributed by atoms with Crippen molar-refractivity contribution in [3.8, 4) is 0 Å². The molecule has 19 heavy (non-hydrogen) atoms. The van der Waals surface area contributed by atoms with Gasteiger partial charge in [-0.25, -0.2) is 4.98 Å². The van der Waals surface area contributed by atoms with Crippen molar-refractivity contribution >= 4 is 5.69 Å². The molecular weight excluding hydrogens is 251 g/mol. The van der Waals surface area contributed by atoms with Gasteiger partial charge in [-0.15, -0.1) is 0 Å². The van der Waals surface area contributed by atoms with Crippen molar-refractivity contribution in [1.82, 2.24) is 9.55 Å². The van der Waals surface area contributed by atoms with E-state index in [0.717, 1.165) is 5.69 Å². The maximum absolute atomic E-state index is 13.4. The summed E-state index contributed by atoms with van der Waals surface area (Å²) >= 11 is 0. The molecular formula is C12H13FN4O2. The maximum Gasteiger partial charge on any atom is 0.304 e. The fourth-order valence-electron chi connectivity index (χ4n) is 1.78. The van der Waals surface area contributed by atoms with Crippen LogP contribution in [0, 0.1) is 15.9 Å². The van der Waals surface area contributed by atoms with Crippen LogP contribution in [0.3, 0.4) is 0 Å². The van der Waals surface area contributed by atoms with Crippen LogP contribution in [-0.2, 0) is 13.0 Å². The highest BCUT2D eigenvalue weighted by Gasteiger charge is 2.13. The van der Waals surface area contributed by atoms with Gasteiger partial charge in [0.05, 0.1) is 16.9 Å². The average molecular weight is 264 g/mol. The molecule has 100 valence electrons. The first-order chi connectivity index (χ1) is 9.10. The predicted molar refractivity (Wildman–Crippen MR) is 67.1 cm³/mol. The number of nitro groups is 1. The van der Waals surface area contributed by atoms with Gasteiger partial charge in [-0.05, 0) is 18.2 Å². The molecule has 2 N–H and O–H groups in total. The van der Waals surface area contributed by atoms with Crippen molar-refractivity contribution in [1.29, 1.82) is 0 Å². The minimum atomic E-state index is -0.829. The number of nitrogens with two attached hydrogens (primary N) is 1. The summed E-state index contributed by atoms with van der Waals surface area (Å²) in [6, 6.07) is 3.87. The van der Waals surface area contributed by atoms with Crippen LogP contribution in [0.5, 0.6) is 0 Å². The molecule has 1 heterocycles. The standard InChI is InChI=1S/C12H13FN4O2/c13-11-5-9(1-2-12(11)17(18)19)6-16-7-10(3-4-14)15-8-16/h1-2,5,7-8H,3-4,6,14H2. The van der Waals surface area contributed by atoms with Gasteiger partial charge in [-0.3, -0.25) is 10.1 Å². The Bertz CT molecular complexity index is 597. The van der Waals surface area contributed by atoms with Crippen LogP contribution in [0.1, 0.15) is 11.3 Å². The molecule has 0 radical (unpaired) electrons. The molecule has 0 aliphatic carbocycles. The normalized spacial score (nSPS) is 10.6. The Kier molecular flexibility index (Phi) is 3.86. The van der Waals surface area contributed by atoms with E-state index in [9.17, 15) is 14.5 Å².